The van der Waals surface area contributed by atoms with E-state index in [2.05, 4.69) is 9.88 Å². The van der Waals surface area contributed by atoms with E-state index in [1.54, 1.807) is 12.5 Å². The molecule has 4 nitrogen and oxygen atoms in total. The standard InChI is InChI=1S/C12H14N2O2/c1-10(15)12-8-11(2-4-13-12)3-5-14-6-7-16-9-14/h2,4,6-8H,3,5,9H2,1H3. The van der Waals surface area contributed by atoms with Gasteiger partial charge >= 0.3 is 0 Å². The number of aromatic nitrogens is 1. The molecule has 84 valence electrons. The zero-order valence-corrected chi connectivity index (χ0v) is 9.22. The van der Waals surface area contributed by atoms with Crippen LogP contribution in [0.1, 0.15) is 23.0 Å². The second kappa shape index (κ2) is 4.79. The lowest BCUT2D eigenvalue weighted by atomic mass is 10.1. The van der Waals surface area contributed by atoms with Gasteiger partial charge in [0.2, 0.25) is 0 Å². The van der Waals surface area contributed by atoms with Crippen molar-refractivity contribution in [2.45, 2.75) is 13.3 Å². The van der Waals surface area contributed by atoms with Crippen LogP contribution in [0.4, 0.5) is 0 Å². The SMILES string of the molecule is CC(=O)c1cc(CCN2C=COC2)ccn1. The van der Waals surface area contributed by atoms with Crippen LogP contribution in [-0.4, -0.2) is 28.9 Å². The van der Waals surface area contributed by atoms with E-state index in [1.165, 1.54) is 6.92 Å². The van der Waals surface area contributed by atoms with Crippen LogP contribution in [0, 0.1) is 0 Å². The number of nitrogens with zero attached hydrogens (tertiary/aromatic N) is 2. The van der Waals surface area contributed by atoms with E-state index in [0.717, 1.165) is 18.5 Å². The predicted octanol–water partition coefficient (Wildman–Crippen LogP) is 1.59. The van der Waals surface area contributed by atoms with Crippen LogP contribution >= 0.6 is 0 Å². The summed E-state index contributed by atoms with van der Waals surface area (Å²) in [7, 11) is 0. The summed E-state index contributed by atoms with van der Waals surface area (Å²) in [5.41, 5.74) is 1.66. The third-order valence-electron chi connectivity index (χ3n) is 2.48. The van der Waals surface area contributed by atoms with Crippen molar-refractivity contribution >= 4 is 5.78 Å². The van der Waals surface area contributed by atoms with Crippen LogP contribution in [0.25, 0.3) is 0 Å². The smallest absolute Gasteiger partial charge is 0.178 e. The summed E-state index contributed by atoms with van der Waals surface area (Å²) in [6.45, 7) is 3.03. The lowest BCUT2D eigenvalue weighted by Crippen LogP contribution is -2.18. The van der Waals surface area contributed by atoms with Gasteiger partial charge in [0.15, 0.2) is 12.5 Å². The minimum atomic E-state index is 0.00579. The van der Waals surface area contributed by atoms with E-state index in [0.29, 0.717) is 12.4 Å². The molecule has 1 aromatic rings. The maximum Gasteiger partial charge on any atom is 0.178 e. The van der Waals surface area contributed by atoms with Gasteiger partial charge < -0.3 is 9.64 Å². The maximum atomic E-state index is 11.2. The highest BCUT2D eigenvalue weighted by atomic mass is 16.5. The molecule has 0 atom stereocenters. The van der Waals surface area contributed by atoms with Crippen LogP contribution in [-0.2, 0) is 11.2 Å². The normalized spacial score (nSPS) is 13.9. The van der Waals surface area contributed by atoms with Crippen molar-refractivity contribution in [3.8, 4) is 0 Å². The predicted molar refractivity (Wildman–Crippen MR) is 59.7 cm³/mol. The average Bonchev–Trinajstić information content (AvgIpc) is 2.79. The summed E-state index contributed by atoms with van der Waals surface area (Å²) in [5, 5.41) is 0. The van der Waals surface area contributed by atoms with Gasteiger partial charge in [-0.25, -0.2) is 0 Å². The van der Waals surface area contributed by atoms with Crippen molar-refractivity contribution in [3.63, 3.8) is 0 Å². The molecule has 4 heteroatoms. The third-order valence-corrected chi connectivity index (χ3v) is 2.48. The van der Waals surface area contributed by atoms with Crippen LogP contribution in [0.2, 0.25) is 0 Å². The van der Waals surface area contributed by atoms with Crippen molar-refractivity contribution in [1.29, 1.82) is 0 Å². The Bertz CT molecular complexity index is 415. The molecule has 0 N–H and O–H groups in total. The number of carbonyl (C=O) groups is 1. The van der Waals surface area contributed by atoms with Gasteiger partial charge in [-0.3, -0.25) is 9.78 Å². The quantitative estimate of drug-likeness (QED) is 0.720. The summed E-state index contributed by atoms with van der Waals surface area (Å²) >= 11 is 0. The monoisotopic (exact) mass is 218 g/mol. The molecular formula is C12H14N2O2. The number of pyridine rings is 1. The van der Waals surface area contributed by atoms with Gasteiger partial charge in [-0.2, -0.15) is 0 Å². The number of hydrogen-bond acceptors (Lipinski definition) is 4. The molecule has 0 spiro atoms. The van der Waals surface area contributed by atoms with Crippen LogP contribution in [0.5, 0.6) is 0 Å². The molecule has 0 saturated carbocycles. The van der Waals surface area contributed by atoms with Gasteiger partial charge in [-0.15, -0.1) is 0 Å². The molecule has 1 aliphatic heterocycles. The molecule has 0 aromatic carbocycles. The first-order chi connectivity index (χ1) is 7.75. The van der Waals surface area contributed by atoms with Gasteiger partial charge in [0.1, 0.15) is 12.0 Å². The molecule has 0 saturated heterocycles. The molecule has 1 aromatic heterocycles. The largest absolute Gasteiger partial charge is 0.479 e. The van der Waals surface area contributed by atoms with Crippen molar-refractivity contribution in [2.75, 3.05) is 13.3 Å². The lowest BCUT2D eigenvalue weighted by Gasteiger charge is -2.13. The molecule has 0 amide bonds. The third kappa shape index (κ3) is 2.59. The number of hydrogen-bond donors (Lipinski definition) is 0. The van der Waals surface area contributed by atoms with Gasteiger partial charge in [0.25, 0.3) is 0 Å². The Balaban J connectivity index is 1.95. The van der Waals surface area contributed by atoms with E-state index in [4.69, 9.17) is 4.74 Å². The molecule has 2 heterocycles. The second-order valence-corrected chi connectivity index (χ2v) is 3.75. The lowest BCUT2D eigenvalue weighted by molar-refractivity contribution is 0.101. The number of Topliss-reactive ketones (excluding diaryl/α,β-unsaturated/α-hetero) is 1. The van der Waals surface area contributed by atoms with Crippen molar-refractivity contribution in [1.82, 2.24) is 9.88 Å². The van der Waals surface area contributed by atoms with Gasteiger partial charge in [0.05, 0.1) is 0 Å². The van der Waals surface area contributed by atoms with Gasteiger partial charge in [0, 0.05) is 25.9 Å². The molecule has 16 heavy (non-hydrogen) atoms. The zero-order chi connectivity index (χ0) is 11.4. The number of ether oxygens (including phenoxy) is 1. The summed E-state index contributed by atoms with van der Waals surface area (Å²) in [5.74, 6) is 0.00579. The molecule has 0 unspecified atom stereocenters. The summed E-state index contributed by atoms with van der Waals surface area (Å²) in [6, 6.07) is 3.79. The van der Waals surface area contributed by atoms with E-state index in [-0.39, 0.29) is 5.78 Å². The Labute approximate surface area is 94.5 Å². The fraction of sp³-hybridized carbons (Fsp3) is 0.333. The minimum Gasteiger partial charge on any atom is -0.479 e. The van der Waals surface area contributed by atoms with E-state index in [9.17, 15) is 4.79 Å². The maximum absolute atomic E-state index is 11.2. The number of rotatable bonds is 4. The minimum absolute atomic E-state index is 0.00579. The van der Waals surface area contributed by atoms with Gasteiger partial charge in [-0.1, -0.05) is 0 Å². The van der Waals surface area contributed by atoms with Gasteiger partial charge in [-0.05, 0) is 24.1 Å². The summed E-state index contributed by atoms with van der Waals surface area (Å²) < 4.78 is 5.09. The van der Waals surface area contributed by atoms with Crippen LogP contribution in [0.3, 0.4) is 0 Å². The Morgan fingerprint density at radius 1 is 1.62 bits per heavy atom. The Hall–Kier alpha value is -1.84. The first-order valence-electron chi connectivity index (χ1n) is 5.24. The van der Waals surface area contributed by atoms with Crippen molar-refractivity contribution < 1.29 is 9.53 Å². The Morgan fingerprint density at radius 3 is 3.19 bits per heavy atom. The molecule has 0 aliphatic carbocycles. The topological polar surface area (TPSA) is 42.4 Å². The second-order valence-electron chi connectivity index (χ2n) is 3.75. The molecule has 2 rings (SSSR count). The van der Waals surface area contributed by atoms with E-state index in [1.807, 2.05) is 18.3 Å². The molecule has 0 radical (unpaired) electrons. The highest BCUT2D eigenvalue weighted by molar-refractivity contribution is 5.92. The van der Waals surface area contributed by atoms with Crippen LogP contribution < -0.4 is 0 Å². The Kier molecular flexibility index (Phi) is 3.19. The Morgan fingerprint density at radius 2 is 2.50 bits per heavy atom. The molecule has 0 bridgehead atoms. The number of carbonyl (C=O) groups excluding carboxylic acids is 1. The van der Waals surface area contributed by atoms with E-state index < -0.39 is 0 Å². The molecular weight excluding hydrogens is 204 g/mol. The highest BCUT2D eigenvalue weighted by Crippen LogP contribution is 2.07. The van der Waals surface area contributed by atoms with Crippen molar-refractivity contribution in [2.24, 2.45) is 0 Å². The zero-order valence-electron chi connectivity index (χ0n) is 9.22. The molecule has 1 aliphatic rings. The fourth-order valence-corrected chi connectivity index (χ4v) is 1.55. The number of ketones is 1. The van der Waals surface area contributed by atoms with E-state index >= 15 is 0 Å². The summed E-state index contributed by atoms with van der Waals surface area (Å²) in [6.07, 6.45) is 6.18. The summed E-state index contributed by atoms with van der Waals surface area (Å²) in [4.78, 5) is 17.2. The fourth-order valence-electron chi connectivity index (χ4n) is 1.55. The first-order valence-corrected chi connectivity index (χ1v) is 5.24. The van der Waals surface area contributed by atoms with Crippen LogP contribution in [0.15, 0.2) is 30.8 Å². The highest BCUT2D eigenvalue weighted by Gasteiger charge is 2.06. The average molecular weight is 218 g/mol. The molecule has 0 fully saturated rings. The van der Waals surface area contributed by atoms with Crippen molar-refractivity contribution in [3.05, 3.63) is 42.0 Å². The first kappa shape index (κ1) is 10.7.